The molecule has 1 saturated heterocycles. The third kappa shape index (κ3) is 4.92. The number of nitrogens with one attached hydrogen (secondary N) is 1. The average Bonchev–Trinajstić information content (AvgIpc) is 2.94. The van der Waals surface area contributed by atoms with Gasteiger partial charge in [-0.25, -0.2) is 4.79 Å². The van der Waals surface area contributed by atoms with Crippen LogP contribution in [-0.4, -0.2) is 39.1 Å². The largest absolute Gasteiger partial charge is 0.459 e. The molecule has 1 aromatic carbocycles. The van der Waals surface area contributed by atoms with Gasteiger partial charge in [0.25, 0.3) is 0 Å². The molecule has 1 aliphatic rings. The van der Waals surface area contributed by atoms with Gasteiger partial charge in [0.05, 0.1) is 6.61 Å². The van der Waals surface area contributed by atoms with Crippen LogP contribution in [0, 0.1) is 5.92 Å². The summed E-state index contributed by atoms with van der Waals surface area (Å²) in [5.41, 5.74) is 0.976. The van der Waals surface area contributed by atoms with E-state index in [2.05, 4.69) is 5.32 Å². The minimum atomic E-state index is -0.330. The van der Waals surface area contributed by atoms with Crippen molar-refractivity contribution >= 4 is 5.97 Å². The maximum Gasteiger partial charge on any atom is 0.332 e. The molecule has 2 rings (SSSR count). The van der Waals surface area contributed by atoms with E-state index in [4.69, 9.17) is 14.2 Å². The Kier molecular flexibility index (Phi) is 5.98. The number of ether oxygens (including phenoxy) is 3. The Bertz CT molecular complexity index is 410. The number of hydrogen-bond donors (Lipinski definition) is 1. The molecule has 0 radical (unpaired) electrons. The first-order valence-electron chi connectivity index (χ1n) is 6.81. The molecule has 0 aliphatic carbocycles. The Labute approximate surface area is 119 Å². The third-order valence-corrected chi connectivity index (χ3v) is 3.28. The van der Waals surface area contributed by atoms with Crippen LogP contribution in [0.1, 0.15) is 12.0 Å². The second-order valence-electron chi connectivity index (χ2n) is 4.90. The summed E-state index contributed by atoms with van der Waals surface area (Å²) in [7, 11) is 1.68. The molecule has 0 unspecified atom stereocenters. The molecule has 0 spiro atoms. The molecule has 1 aromatic rings. The van der Waals surface area contributed by atoms with E-state index in [1.165, 1.54) is 0 Å². The maximum absolute atomic E-state index is 11.5. The molecule has 0 amide bonds. The molecule has 1 fully saturated rings. The zero-order valence-electron chi connectivity index (χ0n) is 11.7. The number of methoxy groups -OCH3 is 1. The minimum absolute atomic E-state index is 0.000975. The first kappa shape index (κ1) is 15.0. The third-order valence-electron chi connectivity index (χ3n) is 3.28. The van der Waals surface area contributed by atoms with Crippen LogP contribution in [0.2, 0.25) is 0 Å². The molecular weight excluding hydrogens is 258 g/mol. The van der Waals surface area contributed by atoms with Crippen molar-refractivity contribution in [2.24, 2.45) is 5.92 Å². The lowest BCUT2D eigenvalue weighted by molar-refractivity contribution is -0.150. The van der Waals surface area contributed by atoms with Crippen molar-refractivity contribution in [2.75, 3.05) is 26.9 Å². The summed E-state index contributed by atoms with van der Waals surface area (Å²) in [6, 6.07) is 9.60. The van der Waals surface area contributed by atoms with E-state index in [-0.39, 0.29) is 18.8 Å². The summed E-state index contributed by atoms with van der Waals surface area (Å²) in [5.74, 6) is 0.0602. The Morgan fingerprint density at radius 3 is 2.85 bits per heavy atom. The second kappa shape index (κ2) is 7.99. The molecule has 5 nitrogen and oxygen atoms in total. The highest BCUT2D eigenvalue weighted by molar-refractivity contribution is 5.70. The monoisotopic (exact) mass is 279 g/mol. The van der Waals surface area contributed by atoms with E-state index >= 15 is 0 Å². The smallest absolute Gasteiger partial charge is 0.332 e. The predicted molar refractivity (Wildman–Crippen MR) is 74.0 cm³/mol. The Balaban J connectivity index is 1.57. The van der Waals surface area contributed by atoms with Crippen LogP contribution in [0.5, 0.6) is 0 Å². The Hall–Kier alpha value is -1.43. The first-order chi connectivity index (χ1) is 9.78. The van der Waals surface area contributed by atoms with E-state index < -0.39 is 0 Å². The second-order valence-corrected chi connectivity index (χ2v) is 4.90. The lowest BCUT2D eigenvalue weighted by Crippen LogP contribution is -2.22. The van der Waals surface area contributed by atoms with Gasteiger partial charge in [-0.15, -0.1) is 0 Å². The summed E-state index contributed by atoms with van der Waals surface area (Å²) in [5, 5.41) is 3.22. The predicted octanol–water partition coefficient (Wildman–Crippen LogP) is 1.33. The lowest BCUT2D eigenvalue weighted by atomic mass is 10.1. The van der Waals surface area contributed by atoms with Crippen molar-refractivity contribution in [1.82, 2.24) is 5.32 Å². The van der Waals surface area contributed by atoms with Crippen LogP contribution in [0.25, 0.3) is 0 Å². The van der Waals surface area contributed by atoms with Crippen molar-refractivity contribution in [1.29, 1.82) is 0 Å². The Morgan fingerprint density at radius 2 is 2.15 bits per heavy atom. The molecule has 0 aromatic heterocycles. The van der Waals surface area contributed by atoms with Gasteiger partial charge in [-0.2, -0.15) is 0 Å². The van der Waals surface area contributed by atoms with Crippen LogP contribution < -0.4 is 5.32 Å². The fourth-order valence-electron chi connectivity index (χ4n) is 2.16. The van der Waals surface area contributed by atoms with E-state index in [0.29, 0.717) is 19.1 Å². The Morgan fingerprint density at radius 1 is 1.35 bits per heavy atom. The highest BCUT2D eigenvalue weighted by atomic mass is 16.6. The SMILES string of the molecule is CO[C@H]1C[C@H](COCC(=O)OCc2ccccc2)CN1. The molecular formula is C15H21NO4. The van der Waals surface area contributed by atoms with E-state index in [1.807, 2.05) is 30.3 Å². The molecule has 20 heavy (non-hydrogen) atoms. The molecule has 1 heterocycles. The van der Waals surface area contributed by atoms with Crippen molar-refractivity contribution in [3.8, 4) is 0 Å². The van der Waals surface area contributed by atoms with Gasteiger partial charge in [0.1, 0.15) is 19.4 Å². The summed E-state index contributed by atoms with van der Waals surface area (Å²) < 4.78 is 15.7. The van der Waals surface area contributed by atoms with Crippen LogP contribution in [0.3, 0.4) is 0 Å². The summed E-state index contributed by atoms with van der Waals surface area (Å²) >= 11 is 0. The van der Waals surface area contributed by atoms with Crippen molar-refractivity contribution < 1.29 is 19.0 Å². The highest BCUT2D eigenvalue weighted by Crippen LogP contribution is 2.14. The average molecular weight is 279 g/mol. The van der Waals surface area contributed by atoms with Gasteiger partial charge in [0, 0.05) is 13.7 Å². The van der Waals surface area contributed by atoms with E-state index in [9.17, 15) is 4.79 Å². The van der Waals surface area contributed by atoms with E-state index in [0.717, 1.165) is 18.5 Å². The topological polar surface area (TPSA) is 56.8 Å². The van der Waals surface area contributed by atoms with Crippen molar-refractivity contribution in [3.63, 3.8) is 0 Å². The van der Waals surface area contributed by atoms with Gasteiger partial charge in [0.2, 0.25) is 0 Å². The molecule has 0 saturated carbocycles. The maximum atomic E-state index is 11.5. The molecule has 5 heteroatoms. The molecule has 1 aliphatic heterocycles. The van der Waals surface area contributed by atoms with Crippen molar-refractivity contribution in [3.05, 3.63) is 35.9 Å². The van der Waals surface area contributed by atoms with Gasteiger partial charge in [0.15, 0.2) is 0 Å². The van der Waals surface area contributed by atoms with Gasteiger partial charge < -0.3 is 14.2 Å². The van der Waals surface area contributed by atoms with Crippen LogP contribution in [0.15, 0.2) is 30.3 Å². The summed E-state index contributed by atoms with van der Waals surface area (Å²) in [4.78, 5) is 11.5. The minimum Gasteiger partial charge on any atom is -0.459 e. The number of rotatable bonds is 7. The number of benzene rings is 1. The number of esters is 1. The van der Waals surface area contributed by atoms with Crippen LogP contribution >= 0.6 is 0 Å². The zero-order chi connectivity index (χ0) is 14.2. The summed E-state index contributed by atoms with van der Waals surface area (Å²) in [6.07, 6.45) is 1.02. The van der Waals surface area contributed by atoms with Crippen LogP contribution in [0.4, 0.5) is 0 Å². The van der Waals surface area contributed by atoms with Gasteiger partial charge in [-0.3, -0.25) is 5.32 Å². The van der Waals surface area contributed by atoms with Gasteiger partial charge >= 0.3 is 5.97 Å². The fourth-order valence-corrected chi connectivity index (χ4v) is 2.16. The lowest BCUT2D eigenvalue weighted by Gasteiger charge is -2.10. The molecule has 110 valence electrons. The number of carbonyl (C=O) groups is 1. The number of carbonyl (C=O) groups excluding carboxylic acids is 1. The van der Waals surface area contributed by atoms with Crippen LogP contribution in [-0.2, 0) is 25.6 Å². The molecule has 0 bridgehead atoms. The highest BCUT2D eigenvalue weighted by Gasteiger charge is 2.23. The zero-order valence-corrected chi connectivity index (χ0v) is 11.7. The first-order valence-corrected chi connectivity index (χ1v) is 6.81. The molecule has 2 atom stereocenters. The fraction of sp³-hybridized carbons (Fsp3) is 0.533. The number of hydrogen-bond acceptors (Lipinski definition) is 5. The standard InChI is InChI=1S/C15H21NO4/c1-18-14-7-13(8-16-14)9-19-11-15(17)20-10-12-5-3-2-4-6-12/h2-6,13-14,16H,7-11H2,1H3/t13-,14-/m0/s1. The van der Waals surface area contributed by atoms with Crippen molar-refractivity contribution in [2.45, 2.75) is 19.3 Å². The molecule has 1 N–H and O–H groups in total. The van der Waals surface area contributed by atoms with Gasteiger partial charge in [-0.05, 0) is 17.9 Å². The summed E-state index contributed by atoms with van der Waals surface area (Å²) in [6.45, 7) is 1.70. The normalized spacial score (nSPS) is 21.9. The van der Waals surface area contributed by atoms with Gasteiger partial charge in [-0.1, -0.05) is 30.3 Å². The van der Waals surface area contributed by atoms with E-state index in [1.54, 1.807) is 7.11 Å². The quantitative estimate of drug-likeness (QED) is 0.763.